The Balaban J connectivity index is 2.09. The normalized spacial score (nSPS) is 12.6. The Bertz CT molecular complexity index is 487. The number of methoxy groups -OCH3 is 1. The highest BCUT2D eigenvalue weighted by Crippen LogP contribution is 2.21. The minimum atomic E-state index is -0.199. The van der Waals surface area contributed by atoms with E-state index >= 15 is 0 Å². The Morgan fingerprint density at radius 2 is 1.89 bits per heavy atom. The molecule has 1 unspecified atom stereocenters. The van der Waals surface area contributed by atoms with Crippen LogP contribution in [0.15, 0.2) is 40.8 Å². The van der Waals surface area contributed by atoms with Gasteiger partial charge in [-0.3, -0.25) is 0 Å². The van der Waals surface area contributed by atoms with Crippen LogP contribution in [0.4, 0.5) is 0 Å². The van der Waals surface area contributed by atoms with Crippen molar-refractivity contribution in [2.24, 2.45) is 5.73 Å². The van der Waals surface area contributed by atoms with Gasteiger partial charge in [0.2, 0.25) is 0 Å². The molecule has 3 heteroatoms. The van der Waals surface area contributed by atoms with Crippen molar-refractivity contribution in [3.05, 3.63) is 59.0 Å². The fourth-order valence-corrected chi connectivity index (χ4v) is 1.90. The maximum atomic E-state index is 6.16. The van der Waals surface area contributed by atoms with E-state index in [9.17, 15) is 0 Å². The van der Waals surface area contributed by atoms with E-state index < -0.39 is 0 Å². The first-order valence-electron chi connectivity index (χ1n) is 6.10. The molecular weight excluding hydrogens is 226 g/mol. The highest BCUT2D eigenvalue weighted by Gasteiger charge is 2.12. The number of nitrogens with two attached hydrogens (primary N) is 1. The van der Waals surface area contributed by atoms with E-state index in [1.807, 2.05) is 31.2 Å². The molecule has 1 aromatic heterocycles. The third kappa shape index (κ3) is 3.00. The molecule has 1 heterocycles. The van der Waals surface area contributed by atoms with E-state index in [0.29, 0.717) is 0 Å². The van der Waals surface area contributed by atoms with Crippen molar-refractivity contribution in [3.8, 4) is 0 Å². The van der Waals surface area contributed by atoms with Crippen molar-refractivity contribution in [2.45, 2.75) is 19.4 Å². The van der Waals surface area contributed by atoms with Gasteiger partial charge in [0.1, 0.15) is 11.5 Å². The van der Waals surface area contributed by atoms with E-state index in [2.05, 4.69) is 12.1 Å². The van der Waals surface area contributed by atoms with Crippen LogP contribution in [0.25, 0.3) is 0 Å². The lowest BCUT2D eigenvalue weighted by molar-refractivity contribution is 0.202. The van der Waals surface area contributed by atoms with Crippen LogP contribution in [-0.2, 0) is 11.2 Å². The SMILES string of the molecule is COCCc1ccc(C(N)c2ccc(C)o2)cc1. The summed E-state index contributed by atoms with van der Waals surface area (Å²) in [7, 11) is 1.71. The zero-order valence-corrected chi connectivity index (χ0v) is 10.8. The van der Waals surface area contributed by atoms with E-state index in [1.165, 1.54) is 5.56 Å². The van der Waals surface area contributed by atoms with Gasteiger partial charge in [-0.2, -0.15) is 0 Å². The Labute approximate surface area is 108 Å². The predicted molar refractivity (Wildman–Crippen MR) is 71.5 cm³/mol. The van der Waals surface area contributed by atoms with Crippen molar-refractivity contribution in [1.29, 1.82) is 0 Å². The molecule has 18 heavy (non-hydrogen) atoms. The Kier molecular flexibility index (Phi) is 4.18. The van der Waals surface area contributed by atoms with Gasteiger partial charge >= 0.3 is 0 Å². The molecule has 0 saturated carbocycles. The average Bonchev–Trinajstić information content (AvgIpc) is 2.83. The van der Waals surface area contributed by atoms with Crippen LogP contribution in [0.1, 0.15) is 28.7 Å². The molecule has 0 radical (unpaired) electrons. The van der Waals surface area contributed by atoms with Crippen LogP contribution in [0.3, 0.4) is 0 Å². The molecule has 2 aromatic rings. The predicted octanol–water partition coefficient (Wildman–Crippen LogP) is 2.83. The maximum Gasteiger partial charge on any atom is 0.125 e. The molecule has 0 aliphatic rings. The highest BCUT2D eigenvalue weighted by atomic mass is 16.5. The molecule has 0 aliphatic heterocycles. The zero-order chi connectivity index (χ0) is 13.0. The van der Waals surface area contributed by atoms with Gasteiger partial charge in [0.15, 0.2) is 0 Å². The van der Waals surface area contributed by atoms with Gasteiger partial charge in [0.05, 0.1) is 12.6 Å². The quantitative estimate of drug-likeness (QED) is 0.881. The summed E-state index contributed by atoms with van der Waals surface area (Å²) in [5.41, 5.74) is 8.48. The van der Waals surface area contributed by atoms with Gasteiger partial charge in [-0.1, -0.05) is 24.3 Å². The molecule has 2 rings (SSSR count). The van der Waals surface area contributed by atoms with Gasteiger partial charge in [-0.15, -0.1) is 0 Å². The minimum absolute atomic E-state index is 0.199. The molecule has 3 nitrogen and oxygen atoms in total. The van der Waals surface area contributed by atoms with Crippen LogP contribution in [-0.4, -0.2) is 13.7 Å². The first-order chi connectivity index (χ1) is 8.70. The van der Waals surface area contributed by atoms with Crippen LogP contribution in [0.2, 0.25) is 0 Å². The van der Waals surface area contributed by atoms with E-state index in [-0.39, 0.29) is 6.04 Å². The Hall–Kier alpha value is -1.58. The molecule has 0 spiro atoms. The molecule has 1 atom stereocenters. The van der Waals surface area contributed by atoms with Crippen molar-refractivity contribution in [1.82, 2.24) is 0 Å². The van der Waals surface area contributed by atoms with Gasteiger partial charge in [0, 0.05) is 7.11 Å². The number of ether oxygens (including phenoxy) is 1. The second kappa shape index (κ2) is 5.85. The minimum Gasteiger partial charge on any atom is -0.464 e. The summed E-state index contributed by atoms with van der Waals surface area (Å²) in [5, 5.41) is 0. The van der Waals surface area contributed by atoms with Gasteiger partial charge in [-0.05, 0) is 36.6 Å². The molecule has 1 aromatic carbocycles. The fourth-order valence-electron chi connectivity index (χ4n) is 1.90. The van der Waals surface area contributed by atoms with E-state index in [1.54, 1.807) is 7.11 Å². The Morgan fingerprint density at radius 3 is 2.44 bits per heavy atom. The first-order valence-corrected chi connectivity index (χ1v) is 6.10. The summed E-state index contributed by atoms with van der Waals surface area (Å²) in [6.45, 7) is 2.66. The molecule has 0 bridgehead atoms. The van der Waals surface area contributed by atoms with Crippen LogP contribution in [0.5, 0.6) is 0 Å². The zero-order valence-electron chi connectivity index (χ0n) is 10.8. The van der Waals surface area contributed by atoms with E-state index in [0.717, 1.165) is 30.1 Å². The van der Waals surface area contributed by atoms with E-state index in [4.69, 9.17) is 14.9 Å². The smallest absolute Gasteiger partial charge is 0.125 e. The highest BCUT2D eigenvalue weighted by molar-refractivity contribution is 5.30. The third-order valence-electron chi connectivity index (χ3n) is 3.00. The molecule has 0 saturated heterocycles. The van der Waals surface area contributed by atoms with Crippen LogP contribution in [0, 0.1) is 6.92 Å². The van der Waals surface area contributed by atoms with Crippen molar-refractivity contribution in [3.63, 3.8) is 0 Å². The second-order valence-electron chi connectivity index (χ2n) is 4.41. The summed E-state index contributed by atoms with van der Waals surface area (Å²) in [6.07, 6.45) is 0.922. The van der Waals surface area contributed by atoms with Crippen molar-refractivity contribution in [2.75, 3.05) is 13.7 Å². The van der Waals surface area contributed by atoms with Gasteiger partial charge in [-0.25, -0.2) is 0 Å². The van der Waals surface area contributed by atoms with Gasteiger partial charge < -0.3 is 14.9 Å². The molecule has 0 fully saturated rings. The summed E-state index contributed by atoms with van der Waals surface area (Å²) < 4.78 is 10.6. The summed E-state index contributed by atoms with van der Waals surface area (Å²) >= 11 is 0. The lowest BCUT2D eigenvalue weighted by atomic mass is 10.0. The summed E-state index contributed by atoms with van der Waals surface area (Å²) in [6, 6.07) is 11.9. The summed E-state index contributed by atoms with van der Waals surface area (Å²) in [4.78, 5) is 0. The lowest BCUT2D eigenvalue weighted by Gasteiger charge is -2.10. The number of aryl methyl sites for hydroxylation is 1. The third-order valence-corrected chi connectivity index (χ3v) is 3.00. The number of benzene rings is 1. The number of furan rings is 1. The molecular formula is C15H19NO2. The lowest BCUT2D eigenvalue weighted by Crippen LogP contribution is -2.10. The molecule has 96 valence electrons. The standard InChI is InChI=1S/C15H19NO2/c1-11-3-8-14(18-11)15(16)13-6-4-12(5-7-13)9-10-17-2/h3-8,15H,9-10,16H2,1-2H3. The number of hydrogen-bond acceptors (Lipinski definition) is 3. The van der Waals surface area contributed by atoms with Crippen LogP contribution >= 0.6 is 0 Å². The monoisotopic (exact) mass is 245 g/mol. The maximum absolute atomic E-state index is 6.16. The van der Waals surface area contributed by atoms with Gasteiger partial charge in [0.25, 0.3) is 0 Å². The average molecular weight is 245 g/mol. The summed E-state index contributed by atoms with van der Waals surface area (Å²) in [5.74, 6) is 1.69. The number of rotatable bonds is 5. The molecule has 0 aliphatic carbocycles. The molecule has 0 amide bonds. The topological polar surface area (TPSA) is 48.4 Å². The molecule has 2 N–H and O–H groups in total. The second-order valence-corrected chi connectivity index (χ2v) is 4.41. The Morgan fingerprint density at radius 1 is 1.17 bits per heavy atom. The van der Waals surface area contributed by atoms with Crippen LogP contribution < -0.4 is 5.73 Å². The van der Waals surface area contributed by atoms with Crippen molar-refractivity contribution < 1.29 is 9.15 Å². The van der Waals surface area contributed by atoms with Crippen molar-refractivity contribution >= 4 is 0 Å². The number of hydrogen-bond donors (Lipinski definition) is 1. The first kappa shape index (κ1) is 12.9. The largest absolute Gasteiger partial charge is 0.464 e. The fraction of sp³-hybridized carbons (Fsp3) is 0.333.